The molecule has 1 N–H and O–H groups in total. The number of halogens is 1. The lowest BCUT2D eigenvalue weighted by atomic mass is 9.93. The van der Waals surface area contributed by atoms with E-state index in [1.54, 1.807) is 0 Å². The van der Waals surface area contributed by atoms with E-state index in [0.29, 0.717) is 0 Å². The van der Waals surface area contributed by atoms with E-state index in [1.165, 1.54) is 24.8 Å². The Morgan fingerprint density at radius 3 is 2.89 bits per heavy atom. The lowest BCUT2D eigenvalue weighted by Gasteiger charge is -2.22. The third kappa shape index (κ3) is 3.44. The van der Waals surface area contributed by atoms with Crippen LogP contribution in [0.2, 0.25) is 0 Å². The van der Waals surface area contributed by atoms with E-state index in [0.717, 1.165) is 30.5 Å². The van der Waals surface area contributed by atoms with Crippen molar-refractivity contribution in [1.82, 2.24) is 5.32 Å². The second kappa shape index (κ2) is 6.85. The molecule has 0 aromatic heterocycles. The highest BCUT2D eigenvalue weighted by Gasteiger charge is 2.20. The first-order valence-electron chi connectivity index (χ1n) is 7.41. The van der Waals surface area contributed by atoms with Crippen LogP contribution in [0, 0.1) is 12.7 Å². The zero-order chi connectivity index (χ0) is 13.7. The van der Waals surface area contributed by atoms with E-state index in [-0.39, 0.29) is 11.9 Å². The van der Waals surface area contributed by atoms with Crippen LogP contribution in [0.1, 0.15) is 56.2 Å². The topological polar surface area (TPSA) is 12.0 Å². The average Bonchev–Trinajstić information content (AvgIpc) is 2.68. The SMILES string of the molecule is CCNC(C1=CCCCCC1)c1cccc(C)c1F. The Bertz CT molecular complexity index is 451. The monoisotopic (exact) mass is 261 g/mol. The molecule has 0 fully saturated rings. The van der Waals surface area contributed by atoms with E-state index < -0.39 is 0 Å². The van der Waals surface area contributed by atoms with Gasteiger partial charge in [0.2, 0.25) is 0 Å². The predicted octanol–water partition coefficient (Wildman–Crippen LogP) is 4.68. The van der Waals surface area contributed by atoms with Crippen LogP contribution in [-0.4, -0.2) is 6.54 Å². The number of nitrogens with one attached hydrogen (secondary N) is 1. The molecule has 1 unspecified atom stereocenters. The molecule has 1 atom stereocenters. The highest BCUT2D eigenvalue weighted by Crippen LogP contribution is 2.31. The van der Waals surface area contributed by atoms with Gasteiger partial charge in [-0.3, -0.25) is 0 Å². The molecule has 19 heavy (non-hydrogen) atoms. The van der Waals surface area contributed by atoms with Crippen molar-refractivity contribution in [3.05, 3.63) is 46.8 Å². The smallest absolute Gasteiger partial charge is 0.131 e. The molecule has 2 heteroatoms. The standard InChI is InChI=1S/C17H24FN/c1-3-19-17(14-10-6-4-5-7-11-14)15-12-8-9-13(2)16(15)18/h8-10,12,17,19H,3-7,11H2,1-2H3. The van der Waals surface area contributed by atoms with Crippen molar-refractivity contribution in [1.29, 1.82) is 0 Å². The van der Waals surface area contributed by atoms with Gasteiger partial charge in [0.1, 0.15) is 5.82 Å². The fourth-order valence-corrected chi connectivity index (χ4v) is 2.84. The molecule has 0 radical (unpaired) electrons. The Labute approximate surface area is 115 Å². The van der Waals surface area contributed by atoms with Gasteiger partial charge in [-0.15, -0.1) is 0 Å². The molecule has 1 aliphatic carbocycles. The van der Waals surface area contributed by atoms with Crippen molar-refractivity contribution >= 4 is 0 Å². The van der Waals surface area contributed by atoms with Crippen molar-refractivity contribution in [2.75, 3.05) is 6.54 Å². The molecule has 1 aromatic carbocycles. The number of hydrogen-bond donors (Lipinski definition) is 1. The Kier molecular flexibility index (Phi) is 5.15. The van der Waals surface area contributed by atoms with Crippen LogP contribution in [0.25, 0.3) is 0 Å². The Balaban J connectivity index is 2.33. The molecule has 1 nitrogen and oxygen atoms in total. The van der Waals surface area contributed by atoms with Crippen molar-refractivity contribution in [3.63, 3.8) is 0 Å². The molecule has 0 amide bonds. The summed E-state index contributed by atoms with van der Waals surface area (Å²) in [4.78, 5) is 0. The molecule has 0 bridgehead atoms. The lowest BCUT2D eigenvalue weighted by Crippen LogP contribution is -2.24. The summed E-state index contributed by atoms with van der Waals surface area (Å²) >= 11 is 0. The number of allylic oxidation sites excluding steroid dienone is 1. The van der Waals surface area contributed by atoms with Gasteiger partial charge in [-0.25, -0.2) is 4.39 Å². The maximum Gasteiger partial charge on any atom is 0.131 e. The summed E-state index contributed by atoms with van der Waals surface area (Å²) in [6.45, 7) is 4.77. The second-order valence-electron chi connectivity index (χ2n) is 5.35. The first-order valence-corrected chi connectivity index (χ1v) is 7.41. The summed E-state index contributed by atoms with van der Waals surface area (Å²) in [5.41, 5.74) is 2.90. The van der Waals surface area contributed by atoms with Gasteiger partial charge in [0.25, 0.3) is 0 Å². The lowest BCUT2D eigenvalue weighted by molar-refractivity contribution is 0.536. The van der Waals surface area contributed by atoms with Crippen LogP contribution < -0.4 is 5.32 Å². The zero-order valence-electron chi connectivity index (χ0n) is 12.0. The van der Waals surface area contributed by atoms with E-state index in [1.807, 2.05) is 25.1 Å². The third-order valence-corrected chi connectivity index (χ3v) is 3.89. The minimum absolute atomic E-state index is 0.0444. The van der Waals surface area contributed by atoms with Crippen LogP contribution in [0.5, 0.6) is 0 Å². The number of benzene rings is 1. The average molecular weight is 261 g/mol. The fourth-order valence-electron chi connectivity index (χ4n) is 2.84. The summed E-state index contributed by atoms with van der Waals surface area (Å²) in [7, 11) is 0. The molecular formula is C17H24FN. The van der Waals surface area contributed by atoms with E-state index in [2.05, 4.69) is 18.3 Å². The third-order valence-electron chi connectivity index (χ3n) is 3.89. The summed E-state index contributed by atoms with van der Waals surface area (Å²) in [5.74, 6) is -0.0569. The normalized spacial score (nSPS) is 17.7. The molecule has 1 aromatic rings. The molecule has 0 saturated heterocycles. The maximum absolute atomic E-state index is 14.4. The van der Waals surface area contributed by atoms with Crippen LogP contribution in [-0.2, 0) is 0 Å². The Morgan fingerprint density at radius 2 is 2.11 bits per heavy atom. The van der Waals surface area contributed by atoms with Crippen molar-refractivity contribution in [2.45, 2.75) is 52.0 Å². The quantitative estimate of drug-likeness (QED) is 0.776. The first-order chi connectivity index (χ1) is 9.24. The van der Waals surface area contributed by atoms with Crippen molar-refractivity contribution < 1.29 is 4.39 Å². The van der Waals surface area contributed by atoms with E-state index in [4.69, 9.17) is 0 Å². The summed E-state index contributed by atoms with van der Waals surface area (Å²) in [6, 6.07) is 5.75. The van der Waals surface area contributed by atoms with Crippen LogP contribution >= 0.6 is 0 Å². The number of rotatable bonds is 4. The molecule has 0 aliphatic heterocycles. The Hall–Kier alpha value is -1.15. The molecule has 1 aliphatic rings. The van der Waals surface area contributed by atoms with Gasteiger partial charge in [-0.05, 0) is 44.7 Å². The highest BCUT2D eigenvalue weighted by atomic mass is 19.1. The van der Waals surface area contributed by atoms with E-state index in [9.17, 15) is 4.39 Å². The second-order valence-corrected chi connectivity index (χ2v) is 5.35. The molecule has 2 rings (SSSR count). The van der Waals surface area contributed by atoms with Gasteiger partial charge in [-0.2, -0.15) is 0 Å². The first kappa shape index (κ1) is 14.3. The van der Waals surface area contributed by atoms with Crippen LogP contribution in [0.15, 0.2) is 29.8 Å². The van der Waals surface area contributed by atoms with Crippen molar-refractivity contribution in [2.24, 2.45) is 0 Å². The molecule has 104 valence electrons. The highest BCUT2D eigenvalue weighted by molar-refractivity contribution is 5.33. The Morgan fingerprint density at radius 1 is 1.26 bits per heavy atom. The fraction of sp³-hybridized carbons (Fsp3) is 0.529. The van der Waals surface area contributed by atoms with Gasteiger partial charge in [0.15, 0.2) is 0 Å². The minimum Gasteiger partial charge on any atom is -0.307 e. The molecule has 0 spiro atoms. The van der Waals surface area contributed by atoms with Crippen molar-refractivity contribution in [3.8, 4) is 0 Å². The van der Waals surface area contributed by atoms with Gasteiger partial charge < -0.3 is 5.32 Å². The molecular weight excluding hydrogens is 237 g/mol. The zero-order valence-corrected chi connectivity index (χ0v) is 12.0. The molecule has 0 heterocycles. The number of likely N-dealkylation sites (N-methyl/N-ethyl adjacent to an activating group) is 1. The predicted molar refractivity (Wildman–Crippen MR) is 78.7 cm³/mol. The van der Waals surface area contributed by atoms with E-state index >= 15 is 0 Å². The van der Waals surface area contributed by atoms with Crippen LogP contribution in [0.3, 0.4) is 0 Å². The van der Waals surface area contributed by atoms with Gasteiger partial charge >= 0.3 is 0 Å². The summed E-state index contributed by atoms with van der Waals surface area (Å²) < 4.78 is 14.4. The maximum atomic E-state index is 14.4. The largest absolute Gasteiger partial charge is 0.307 e. The summed E-state index contributed by atoms with van der Waals surface area (Å²) in [6.07, 6.45) is 8.31. The van der Waals surface area contributed by atoms with Crippen LogP contribution in [0.4, 0.5) is 4.39 Å². The minimum atomic E-state index is -0.0569. The van der Waals surface area contributed by atoms with Gasteiger partial charge in [-0.1, -0.05) is 43.2 Å². The number of aryl methyl sites for hydroxylation is 1. The number of hydrogen-bond acceptors (Lipinski definition) is 1. The van der Waals surface area contributed by atoms with Gasteiger partial charge in [0.05, 0.1) is 6.04 Å². The van der Waals surface area contributed by atoms with Gasteiger partial charge in [0, 0.05) is 5.56 Å². The summed E-state index contributed by atoms with van der Waals surface area (Å²) in [5, 5.41) is 3.46. The molecule has 0 saturated carbocycles.